The van der Waals surface area contributed by atoms with E-state index >= 15 is 0 Å². The maximum atomic E-state index is 12.0. The number of rotatable bonds is 11. The van der Waals surface area contributed by atoms with E-state index in [0.29, 0.717) is 41.5 Å². The Kier molecular flexibility index (Phi) is 8.32. The predicted molar refractivity (Wildman–Crippen MR) is 193 cm³/mol. The van der Waals surface area contributed by atoms with Gasteiger partial charge in [0.15, 0.2) is 11.3 Å². The lowest BCUT2D eigenvalue weighted by Crippen LogP contribution is -2.74. The molecule has 8 bridgehead atoms. The minimum Gasteiger partial charge on any atom is -0.508 e. The fraction of sp³-hybridized carbons (Fsp3) is 0.514. The maximum absolute atomic E-state index is 12.0. The van der Waals surface area contributed by atoms with E-state index in [1.165, 1.54) is 0 Å². The van der Waals surface area contributed by atoms with Gasteiger partial charge in [-0.05, 0) is 105 Å². The molecule has 3 N–H and O–H groups in total. The van der Waals surface area contributed by atoms with Gasteiger partial charge >= 0.3 is 37.2 Å². The summed E-state index contributed by atoms with van der Waals surface area (Å²) in [6.07, 6.45) is 6.89. The van der Waals surface area contributed by atoms with Crippen LogP contribution in [0.4, 0.5) is 0 Å². The molecule has 3 aromatic carbocycles. The Labute approximate surface area is 305 Å². The maximum Gasteiger partial charge on any atom is 0.392 e. The van der Waals surface area contributed by atoms with Gasteiger partial charge in [-0.2, -0.15) is 0 Å². The van der Waals surface area contributed by atoms with E-state index < -0.39 is 48.4 Å². The highest BCUT2D eigenvalue weighted by molar-refractivity contribution is 7.45. The first-order valence-corrected chi connectivity index (χ1v) is 21.4. The van der Waals surface area contributed by atoms with Gasteiger partial charge < -0.3 is 23.7 Å². The largest absolute Gasteiger partial charge is 0.508 e. The number of fused-ring (bicyclic) bond motifs is 1. The smallest absolute Gasteiger partial charge is 0.392 e. The molecule has 0 aliphatic carbocycles. The van der Waals surface area contributed by atoms with Crippen molar-refractivity contribution in [3.63, 3.8) is 0 Å². The lowest BCUT2D eigenvalue weighted by molar-refractivity contribution is -0.401. The minimum atomic E-state index is -2.31. The van der Waals surface area contributed by atoms with Crippen molar-refractivity contribution in [2.45, 2.75) is 122 Å². The molecule has 0 saturated carbocycles. The van der Waals surface area contributed by atoms with Crippen LogP contribution in [0.2, 0.25) is 0 Å². The molecule has 7 aliphatic rings. The molecule has 52 heavy (non-hydrogen) atoms. The fourth-order valence-corrected chi connectivity index (χ4v) is 12.8. The Bertz CT molecular complexity index is 2050. The Morgan fingerprint density at radius 2 is 1.10 bits per heavy atom. The highest BCUT2D eigenvalue weighted by atomic mass is 31.2. The average Bonchev–Trinajstić information content (AvgIpc) is 3.72. The summed E-state index contributed by atoms with van der Waals surface area (Å²) in [5.41, 5.74) is 5.18. The van der Waals surface area contributed by atoms with Crippen molar-refractivity contribution in [2.24, 2.45) is 0 Å². The quantitative estimate of drug-likeness (QED) is 0.124. The molecular weight excluding hydrogens is 729 g/mol. The Hall–Kier alpha value is -2.46. The van der Waals surface area contributed by atoms with Gasteiger partial charge in [0, 0.05) is 16.7 Å². The molecule has 5 aromatic rings. The molecule has 0 amide bonds. The minimum absolute atomic E-state index is 0.0214. The molecule has 7 aliphatic heterocycles. The Balaban J connectivity index is 1.52. The van der Waals surface area contributed by atoms with Gasteiger partial charge in [0.25, 0.3) is 5.79 Å². The standard InChI is InChI=1S/C37H43O12P3/c1-7-10-13-23-18-26(20(4)16-28(23)38)34(27-19-24(14-11-8-2)29(39)17-21(27)5)30-22(6)32-31(40)25(15-12-9-3)33(30)42-50(41-32)47-37-36(46-52(48-37)49-37)35(34)43-51(44-35)45-36/h16-19,38-40H,7-15H2,1-6H3. The second-order valence-electron chi connectivity index (χ2n) is 14.4. The second-order valence-corrected chi connectivity index (χ2v) is 17.4. The van der Waals surface area contributed by atoms with E-state index in [4.69, 9.17) is 40.1 Å². The number of benzene rings is 3. The van der Waals surface area contributed by atoms with Gasteiger partial charge in [-0.15, -0.1) is 0 Å². The number of phenolic OH excluding ortho intramolecular Hbond substituents is 3. The van der Waals surface area contributed by atoms with Crippen LogP contribution in [0.5, 0.6) is 17.2 Å². The van der Waals surface area contributed by atoms with Crippen LogP contribution < -0.4 is 4.52 Å². The van der Waals surface area contributed by atoms with Crippen molar-refractivity contribution in [3.8, 4) is 17.2 Å². The summed E-state index contributed by atoms with van der Waals surface area (Å²) in [7, 11) is -6.20. The lowest BCUT2D eigenvalue weighted by Gasteiger charge is -2.55. The number of unbranched alkanes of at least 4 members (excludes halogenated alkanes) is 3. The van der Waals surface area contributed by atoms with Gasteiger partial charge in [-0.25, -0.2) is 13.6 Å². The number of hydrogen-bond donors (Lipinski definition) is 3. The average molecular weight is 773 g/mol. The molecule has 2 atom stereocenters. The molecule has 12 rings (SSSR count). The third-order valence-electron chi connectivity index (χ3n) is 11.2. The monoisotopic (exact) mass is 772 g/mol. The zero-order valence-electron chi connectivity index (χ0n) is 30.0. The summed E-state index contributed by atoms with van der Waals surface area (Å²) >= 11 is 0. The molecule has 2 aromatic heterocycles. The van der Waals surface area contributed by atoms with Gasteiger partial charge in [0.2, 0.25) is 0 Å². The zero-order chi connectivity index (χ0) is 36.4. The molecule has 0 radical (unpaired) electrons. The highest BCUT2D eigenvalue weighted by Gasteiger charge is 2.98. The van der Waals surface area contributed by atoms with Gasteiger partial charge in [0.05, 0.1) is 0 Å². The first-order valence-electron chi connectivity index (χ1n) is 18.1. The van der Waals surface area contributed by atoms with Gasteiger partial charge in [-0.3, -0.25) is 18.1 Å². The summed E-state index contributed by atoms with van der Waals surface area (Å²) in [5.74, 6) is -5.45. The molecule has 2 unspecified atom stereocenters. The second kappa shape index (κ2) is 12.3. The normalized spacial score (nSPS) is 29.3. The topological polar surface area (TPSA) is 152 Å². The van der Waals surface area contributed by atoms with Crippen LogP contribution in [0.1, 0.15) is 109 Å². The van der Waals surface area contributed by atoms with Crippen molar-refractivity contribution >= 4 is 36.6 Å². The molecule has 6 fully saturated rings. The number of hydrogen-bond acceptors (Lipinski definition) is 12. The van der Waals surface area contributed by atoms with Gasteiger partial charge in [-0.1, -0.05) is 52.2 Å². The SMILES string of the molecule is CCCCc1cc(C2(c3cc(CCCC)c(O)cc3C)c3c(C)c4op(oc3c(CCCC)c4O)OC34OP(O3)OC43OP4OC23O4)c(C)cc1O. The fourth-order valence-electron chi connectivity index (χ4n) is 8.63. The van der Waals surface area contributed by atoms with Crippen molar-refractivity contribution in [2.75, 3.05) is 0 Å². The van der Waals surface area contributed by atoms with Crippen LogP contribution >= 0.6 is 25.4 Å². The summed E-state index contributed by atoms with van der Waals surface area (Å²) < 4.78 is 59.6. The van der Waals surface area contributed by atoms with E-state index in [2.05, 4.69) is 20.8 Å². The van der Waals surface area contributed by atoms with E-state index in [0.717, 1.165) is 71.9 Å². The Morgan fingerprint density at radius 1 is 0.596 bits per heavy atom. The van der Waals surface area contributed by atoms with Crippen LogP contribution in [0, 0.1) is 20.8 Å². The molecule has 15 heteroatoms. The van der Waals surface area contributed by atoms with Crippen molar-refractivity contribution in [3.05, 3.63) is 74.3 Å². The van der Waals surface area contributed by atoms with Crippen LogP contribution in [0.15, 0.2) is 32.7 Å². The van der Waals surface area contributed by atoms with Crippen molar-refractivity contribution in [1.82, 2.24) is 0 Å². The van der Waals surface area contributed by atoms with Crippen molar-refractivity contribution < 1.29 is 55.4 Å². The summed E-state index contributed by atoms with van der Waals surface area (Å²) in [4.78, 5) is 0. The first-order chi connectivity index (χ1) is 25.0. The predicted octanol–water partition coefficient (Wildman–Crippen LogP) is 10.1. The number of aryl methyl sites for hydroxylation is 6. The number of aromatic hydroxyl groups is 3. The summed E-state index contributed by atoms with van der Waals surface area (Å²) in [6, 6.07) is 7.60. The zero-order valence-corrected chi connectivity index (χ0v) is 32.7. The van der Waals surface area contributed by atoms with E-state index in [1.54, 1.807) is 12.1 Å². The molecule has 12 nitrogen and oxygen atoms in total. The van der Waals surface area contributed by atoms with Crippen LogP contribution in [0.25, 0.3) is 11.2 Å². The molecule has 3 spiro atoms. The van der Waals surface area contributed by atoms with Crippen LogP contribution in [-0.2, 0) is 51.8 Å². The van der Waals surface area contributed by atoms with Crippen molar-refractivity contribution in [1.29, 1.82) is 0 Å². The molecular formula is C37H43O12P3. The number of phenols is 3. The van der Waals surface area contributed by atoms with Gasteiger partial charge in [0.1, 0.15) is 22.5 Å². The third kappa shape index (κ3) is 4.37. The van der Waals surface area contributed by atoms with E-state index in [-0.39, 0.29) is 22.8 Å². The van der Waals surface area contributed by atoms with Crippen LogP contribution in [0.3, 0.4) is 0 Å². The highest BCUT2D eigenvalue weighted by Crippen LogP contribution is 2.89. The van der Waals surface area contributed by atoms with E-state index in [9.17, 15) is 15.3 Å². The first kappa shape index (κ1) is 35.3. The van der Waals surface area contributed by atoms with Crippen LogP contribution in [-0.4, -0.2) is 32.9 Å². The Morgan fingerprint density at radius 3 is 1.65 bits per heavy atom. The molecule has 9 heterocycles. The summed E-state index contributed by atoms with van der Waals surface area (Å²) in [6.45, 7) is 12.1. The lowest BCUT2D eigenvalue weighted by atomic mass is 9.57. The third-order valence-corrected chi connectivity index (χ3v) is 14.6. The summed E-state index contributed by atoms with van der Waals surface area (Å²) in [5, 5.41) is 34.8. The van der Waals surface area contributed by atoms with E-state index in [1.807, 2.05) is 32.9 Å². The molecule has 6 saturated heterocycles. The molecule has 278 valence electrons.